The Bertz CT molecular complexity index is 978. The summed E-state index contributed by atoms with van der Waals surface area (Å²) < 4.78 is 5.38. The molecule has 1 aromatic rings. The number of ketones is 1. The van der Waals surface area contributed by atoms with Gasteiger partial charge in [-0.2, -0.15) is 0 Å². The minimum absolute atomic E-state index is 0.0345. The molecule has 0 spiro atoms. The van der Waals surface area contributed by atoms with E-state index in [2.05, 4.69) is 16.0 Å². The molecule has 11 nitrogen and oxygen atoms in total. The van der Waals surface area contributed by atoms with Gasteiger partial charge in [0.25, 0.3) is 0 Å². The first-order chi connectivity index (χ1) is 17.7. The van der Waals surface area contributed by atoms with E-state index in [0.717, 1.165) is 10.5 Å². The van der Waals surface area contributed by atoms with Gasteiger partial charge in [0.05, 0.1) is 19.6 Å². The van der Waals surface area contributed by atoms with Crippen LogP contribution in [0.1, 0.15) is 51.5 Å². The summed E-state index contributed by atoms with van der Waals surface area (Å²) in [6.45, 7) is 4.28. The van der Waals surface area contributed by atoms with Crippen molar-refractivity contribution >= 4 is 41.0 Å². The van der Waals surface area contributed by atoms with Gasteiger partial charge in [0.1, 0.15) is 5.78 Å². The summed E-state index contributed by atoms with van der Waals surface area (Å²) in [6.07, 6.45) is 1.58. The number of Topliss-reactive ketones (excluding diaryl/α,β-unsaturated/α-hetero) is 1. The highest BCUT2D eigenvalue weighted by Crippen LogP contribution is 2.18. The molecule has 1 saturated heterocycles. The molecule has 1 aliphatic heterocycles. The summed E-state index contributed by atoms with van der Waals surface area (Å²) in [4.78, 5) is 71.3. The minimum atomic E-state index is -0.323. The van der Waals surface area contributed by atoms with Crippen LogP contribution in [0.4, 0.5) is 5.69 Å². The lowest BCUT2D eigenvalue weighted by molar-refractivity contribution is -0.139. The molecule has 0 aliphatic carbocycles. The molecule has 37 heavy (non-hydrogen) atoms. The number of anilines is 1. The topological polar surface area (TPSA) is 151 Å². The standard InChI is InChI=1S/C26H36N4O7/c1-18-17-25(35)30(26(18)36)14-10-23(33)28-13-16-37-15-11-24(34)29-21-6-3-20(4-7-21)5-8-22(32)27-12-9-19(2)31/h3-4,6-7,18H,5,8-17H2,1-2H3,(H,27,32)(H,28,33)(H,29,34). The second-order valence-corrected chi connectivity index (χ2v) is 9.00. The van der Waals surface area contributed by atoms with E-state index in [0.29, 0.717) is 31.5 Å². The van der Waals surface area contributed by atoms with Crippen molar-refractivity contribution in [3.8, 4) is 0 Å². The van der Waals surface area contributed by atoms with E-state index < -0.39 is 0 Å². The van der Waals surface area contributed by atoms with Gasteiger partial charge in [-0.15, -0.1) is 0 Å². The molecule has 202 valence electrons. The zero-order chi connectivity index (χ0) is 27.2. The maximum absolute atomic E-state index is 12.1. The zero-order valence-corrected chi connectivity index (χ0v) is 21.5. The first kappa shape index (κ1) is 29.6. The Morgan fingerprint density at radius 2 is 1.57 bits per heavy atom. The number of imide groups is 1. The summed E-state index contributed by atoms with van der Waals surface area (Å²) >= 11 is 0. The van der Waals surface area contributed by atoms with Crippen LogP contribution in [-0.4, -0.2) is 73.1 Å². The smallest absolute Gasteiger partial charge is 0.232 e. The third-order valence-electron chi connectivity index (χ3n) is 5.75. The number of likely N-dealkylation sites (tertiary alicyclic amines) is 1. The molecule has 0 radical (unpaired) electrons. The van der Waals surface area contributed by atoms with Crippen molar-refractivity contribution in [2.24, 2.45) is 5.92 Å². The van der Waals surface area contributed by atoms with Crippen LogP contribution in [0.3, 0.4) is 0 Å². The van der Waals surface area contributed by atoms with Crippen molar-refractivity contribution in [2.45, 2.75) is 52.4 Å². The molecule has 1 aromatic carbocycles. The van der Waals surface area contributed by atoms with Gasteiger partial charge in [-0.05, 0) is 31.0 Å². The Balaban J connectivity index is 1.52. The number of nitrogens with zero attached hydrogens (tertiary/aromatic N) is 1. The van der Waals surface area contributed by atoms with Crippen LogP contribution in [0, 0.1) is 5.92 Å². The Morgan fingerprint density at radius 1 is 0.892 bits per heavy atom. The zero-order valence-electron chi connectivity index (χ0n) is 21.5. The highest BCUT2D eigenvalue weighted by atomic mass is 16.5. The molecule has 0 bridgehead atoms. The lowest BCUT2D eigenvalue weighted by Crippen LogP contribution is -2.35. The molecule has 11 heteroatoms. The van der Waals surface area contributed by atoms with E-state index in [1.165, 1.54) is 6.92 Å². The number of rotatable bonds is 16. The number of amides is 5. The van der Waals surface area contributed by atoms with Gasteiger partial charge in [0, 0.05) is 56.9 Å². The number of aryl methyl sites for hydroxylation is 1. The maximum atomic E-state index is 12.1. The number of hydrogen-bond acceptors (Lipinski definition) is 7. The Labute approximate surface area is 216 Å². The van der Waals surface area contributed by atoms with Gasteiger partial charge in [0.2, 0.25) is 29.5 Å². The van der Waals surface area contributed by atoms with Gasteiger partial charge in [-0.1, -0.05) is 19.1 Å². The van der Waals surface area contributed by atoms with E-state index in [-0.39, 0.29) is 86.8 Å². The van der Waals surface area contributed by atoms with Gasteiger partial charge in [-0.25, -0.2) is 0 Å². The molecule has 5 amide bonds. The fourth-order valence-electron chi connectivity index (χ4n) is 3.62. The average molecular weight is 517 g/mol. The first-order valence-corrected chi connectivity index (χ1v) is 12.5. The predicted molar refractivity (Wildman–Crippen MR) is 135 cm³/mol. The van der Waals surface area contributed by atoms with Crippen LogP contribution in [-0.2, 0) is 39.9 Å². The molecule has 1 fully saturated rings. The van der Waals surface area contributed by atoms with E-state index in [4.69, 9.17) is 4.74 Å². The molecule has 3 N–H and O–H groups in total. The van der Waals surface area contributed by atoms with Crippen LogP contribution in [0.15, 0.2) is 24.3 Å². The number of hydrogen-bond donors (Lipinski definition) is 3. The van der Waals surface area contributed by atoms with Gasteiger partial charge in [-0.3, -0.25) is 33.7 Å². The van der Waals surface area contributed by atoms with Gasteiger partial charge in [0.15, 0.2) is 0 Å². The lowest BCUT2D eigenvalue weighted by Gasteiger charge is -2.14. The van der Waals surface area contributed by atoms with E-state index in [1.807, 2.05) is 12.1 Å². The molecule has 1 unspecified atom stereocenters. The Hall–Kier alpha value is -3.60. The van der Waals surface area contributed by atoms with E-state index in [9.17, 15) is 28.8 Å². The highest BCUT2D eigenvalue weighted by Gasteiger charge is 2.35. The van der Waals surface area contributed by atoms with Gasteiger partial charge < -0.3 is 20.7 Å². The van der Waals surface area contributed by atoms with Crippen molar-refractivity contribution < 1.29 is 33.5 Å². The molecule has 1 atom stereocenters. The molecule has 2 rings (SSSR count). The fraction of sp³-hybridized carbons (Fsp3) is 0.538. The van der Waals surface area contributed by atoms with Crippen molar-refractivity contribution in [3.63, 3.8) is 0 Å². The van der Waals surface area contributed by atoms with Crippen LogP contribution in [0.5, 0.6) is 0 Å². The number of carbonyl (C=O) groups is 6. The van der Waals surface area contributed by atoms with Crippen molar-refractivity contribution in [1.82, 2.24) is 15.5 Å². The Morgan fingerprint density at radius 3 is 2.22 bits per heavy atom. The normalized spacial score (nSPS) is 15.0. The van der Waals surface area contributed by atoms with Crippen LogP contribution in [0.25, 0.3) is 0 Å². The second kappa shape index (κ2) is 15.5. The average Bonchev–Trinajstić information content (AvgIpc) is 3.09. The third kappa shape index (κ3) is 11.3. The predicted octanol–water partition coefficient (Wildman–Crippen LogP) is 0.961. The van der Waals surface area contributed by atoms with Crippen molar-refractivity contribution in [3.05, 3.63) is 29.8 Å². The number of ether oxygens (including phenoxy) is 1. The largest absolute Gasteiger partial charge is 0.379 e. The molecular weight excluding hydrogens is 480 g/mol. The SMILES string of the molecule is CC(=O)CCNC(=O)CCc1ccc(NC(=O)CCOCCNC(=O)CCN2C(=O)CC(C)C2=O)cc1. The third-order valence-corrected chi connectivity index (χ3v) is 5.75. The summed E-state index contributed by atoms with van der Waals surface area (Å²) in [5.74, 6) is -1.37. The summed E-state index contributed by atoms with van der Waals surface area (Å²) in [5.41, 5.74) is 1.59. The number of carbonyl (C=O) groups excluding carboxylic acids is 6. The molecule has 1 aliphatic rings. The van der Waals surface area contributed by atoms with Crippen molar-refractivity contribution in [1.29, 1.82) is 0 Å². The molecule has 0 aromatic heterocycles. The first-order valence-electron chi connectivity index (χ1n) is 12.5. The monoisotopic (exact) mass is 516 g/mol. The highest BCUT2D eigenvalue weighted by molar-refractivity contribution is 6.03. The van der Waals surface area contributed by atoms with Crippen LogP contribution >= 0.6 is 0 Å². The van der Waals surface area contributed by atoms with Crippen LogP contribution < -0.4 is 16.0 Å². The minimum Gasteiger partial charge on any atom is -0.379 e. The summed E-state index contributed by atoms with van der Waals surface area (Å²) in [6, 6.07) is 7.21. The van der Waals surface area contributed by atoms with E-state index in [1.54, 1.807) is 19.1 Å². The summed E-state index contributed by atoms with van der Waals surface area (Å²) in [5, 5.41) is 8.14. The van der Waals surface area contributed by atoms with E-state index >= 15 is 0 Å². The quantitative estimate of drug-likeness (QED) is 0.219. The maximum Gasteiger partial charge on any atom is 0.232 e. The van der Waals surface area contributed by atoms with Gasteiger partial charge >= 0.3 is 0 Å². The number of nitrogens with one attached hydrogen (secondary N) is 3. The number of benzene rings is 1. The van der Waals surface area contributed by atoms with Crippen LogP contribution in [0.2, 0.25) is 0 Å². The van der Waals surface area contributed by atoms with Crippen molar-refractivity contribution in [2.75, 3.05) is 38.2 Å². The summed E-state index contributed by atoms with van der Waals surface area (Å²) in [7, 11) is 0. The molecule has 0 saturated carbocycles. The fourth-order valence-corrected chi connectivity index (χ4v) is 3.62. The lowest BCUT2D eigenvalue weighted by atomic mass is 10.1. The second-order valence-electron chi connectivity index (χ2n) is 9.00. The Kier molecular flexibility index (Phi) is 12.4. The molecular formula is C26H36N4O7. The molecule has 1 heterocycles.